The molecule has 1 saturated heterocycles. The lowest BCUT2D eigenvalue weighted by Gasteiger charge is -2.31. The summed E-state index contributed by atoms with van der Waals surface area (Å²) in [6, 6.07) is 3.84. The molecule has 2 heterocycles. The zero-order valence-electron chi connectivity index (χ0n) is 12.5. The number of carbonyl (C=O) groups excluding carboxylic acids is 1. The second-order valence-corrected chi connectivity index (χ2v) is 5.72. The molecule has 1 aromatic heterocycles. The zero-order chi connectivity index (χ0) is 14.5. The van der Waals surface area contributed by atoms with E-state index in [1.165, 1.54) is 0 Å². The van der Waals surface area contributed by atoms with Crippen molar-refractivity contribution < 1.29 is 9.21 Å². The molecule has 0 radical (unpaired) electrons. The minimum absolute atomic E-state index is 0.144. The molecule has 0 saturated carbocycles. The summed E-state index contributed by atoms with van der Waals surface area (Å²) in [5.41, 5.74) is 5.68. The Morgan fingerprint density at radius 3 is 2.70 bits per heavy atom. The SMILES string of the molecule is Cc1ccc(CN(C)C(=O)CN2CCC(CN)CC2)o1. The first-order valence-electron chi connectivity index (χ1n) is 7.30. The van der Waals surface area contributed by atoms with E-state index in [2.05, 4.69) is 4.90 Å². The quantitative estimate of drug-likeness (QED) is 0.880. The number of likely N-dealkylation sites (N-methyl/N-ethyl adjacent to an activating group) is 1. The van der Waals surface area contributed by atoms with Crippen molar-refractivity contribution in [3.63, 3.8) is 0 Å². The van der Waals surface area contributed by atoms with E-state index in [0.717, 1.165) is 44.0 Å². The number of rotatable bonds is 5. The largest absolute Gasteiger partial charge is 0.464 e. The van der Waals surface area contributed by atoms with Crippen LogP contribution in [0.3, 0.4) is 0 Å². The molecule has 2 rings (SSSR count). The highest BCUT2D eigenvalue weighted by Crippen LogP contribution is 2.16. The molecule has 2 N–H and O–H groups in total. The van der Waals surface area contributed by atoms with E-state index in [0.29, 0.717) is 19.0 Å². The molecule has 1 amide bonds. The Morgan fingerprint density at radius 1 is 1.45 bits per heavy atom. The summed E-state index contributed by atoms with van der Waals surface area (Å²) in [5.74, 6) is 2.49. The number of hydrogen-bond acceptors (Lipinski definition) is 4. The minimum Gasteiger partial charge on any atom is -0.464 e. The van der Waals surface area contributed by atoms with E-state index >= 15 is 0 Å². The second-order valence-electron chi connectivity index (χ2n) is 5.72. The Bertz CT molecular complexity index is 436. The molecule has 5 nitrogen and oxygen atoms in total. The van der Waals surface area contributed by atoms with Crippen LogP contribution in [0.1, 0.15) is 24.4 Å². The molecule has 0 bridgehead atoms. The Kier molecular flexibility index (Phi) is 5.20. The Morgan fingerprint density at radius 2 is 2.15 bits per heavy atom. The Labute approximate surface area is 120 Å². The number of nitrogens with two attached hydrogens (primary N) is 1. The maximum atomic E-state index is 12.2. The van der Waals surface area contributed by atoms with Crippen LogP contribution < -0.4 is 5.73 Å². The van der Waals surface area contributed by atoms with Crippen LogP contribution in [0.25, 0.3) is 0 Å². The first-order chi connectivity index (χ1) is 9.58. The number of amides is 1. The van der Waals surface area contributed by atoms with Crippen LogP contribution in [0.15, 0.2) is 16.5 Å². The van der Waals surface area contributed by atoms with Gasteiger partial charge >= 0.3 is 0 Å². The maximum Gasteiger partial charge on any atom is 0.236 e. The van der Waals surface area contributed by atoms with Crippen LogP contribution in [-0.2, 0) is 11.3 Å². The summed E-state index contributed by atoms with van der Waals surface area (Å²) in [7, 11) is 1.83. The van der Waals surface area contributed by atoms with Gasteiger partial charge in [0.05, 0.1) is 13.1 Å². The van der Waals surface area contributed by atoms with Crippen LogP contribution in [0.2, 0.25) is 0 Å². The molecular formula is C15H25N3O2. The summed E-state index contributed by atoms with van der Waals surface area (Å²) in [6.07, 6.45) is 2.20. The van der Waals surface area contributed by atoms with Gasteiger partial charge in [-0.15, -0.1) is 0 Å². The summed E-state index contributed by atoms with van der Waals surface area (Å²) < 4.78 is 5.50. The Balaban J connectivity index is 1.76. The second kappa shape index (κ2) is 6.90. The van der Waals surface area contributed by atoms with Gasteiger partial charge in [0, 0.05) is 7.05 Å². The molecule has 1 aliphatic rings. The van der Waals surface area contributed by atoms with Gasteiger partial charge in [-0.05, 0) is 57.5 Å². The third-order valence-corrected chi connectivity index (χ3v) is 4.01. The van der Waals surface area contributed by atoms with E-state index in [1.54, 1.807) is 4.90 Å². The van der Waals surface area contributed by atoms with Gasteiger partial charge in [0.2, 0.25) is 5.91 Å². The minimum atomic E-state index is 0.144. The van der Waals surface area contributed by atoms with Crippen molar-refractivity contribution in [3.8, 4) is 0 Å². The fourth-order valence-corrected chi connectivity index (χ4v) is 2.58. The van der Waals surface area contributed by atoms with Gasteiger partial charge in [0.1, 0.15) is 11.5 Å². The van der Waals surface area contributed by atoms with E-state index < -0.39 is 0 Å². The number of hydrogen-bond donors (Lipinski definition) is 1. The van der Waals surface area contributed by atoms with Crippen LogP contribution in [0, 0.1) is 12.8 Å². The molecule has 1 aromatic rings. The summed E-state index contributed by atoms with van der Waals surface area (Å²) in [4.78, 5) is 16.1. The third-order valence-electron chi connectivity index (χ3n) is 4.01. The highest BCUT2D eigenvalue weighted by molar-refractivity contribution is 5.77. The van der Waals surface area contributed by atoms with Crippen molar-refractivity contribution in [1.82, 2.24) is 9.80 Å². The first kappa shape index (κ1) is 15.1. The van der Waals surface area contributed by atoms with Crippen molar-refractivity contribution in [3.05, 3.63) is 23.7 Å². The highest BCUT2D eigenvalue weighted by Gasteiger charge is 2.21. The van der Waals surface area contributed by atoms with Crippen LogP contribution in [-0.4, -0.2) is 48.9 Å². The molecule has 112 valence electrons. The highest BCUT2D eigenvalue weighted by atomic mass is 16.3. The maximum absolute atomic E-state index is 12.2. The van der Waals surface area contributed by atoms with Crippen molar-refractivity contribution in [2.45, 2.75) is 26.3 Å². The molecule has 20 heavy (non-hydrogen) atoms. The monoisotopic (exact) mass is 279 g/mol. The standard InChI is InChI=1S/C15H25N3O2/c1-12-3-4-14(20-12)10-17(2)15(19)11-18-7-5-13(9-16)6-8-18/h3-4,13H,5-11,16H2,1-2H3. The number of nitrogens with zero attached hydrogens (tertiary/aromatic N) is 2. The van der Waals surface area contributed by atoms with E-state index in [1.807, 2.05) is 26.1 Å². The number of piperidine rings is 1. The molecule has 0 spiro atoms. The molecular weight excluding hydrogens is 254 g/mol. The smallest absolute Gasteiger partial charge is 0.236 e. The van der Waals surface area contributed by atoms with Crippen molar-refractivity contribution in [2.75, 3.05) is 33.2 Å². The predicted octanol–water partition coefficient (Wildman–Crippen LogP) is 1.22. The molecule has 1 aliphatic heterocycles. The zero-order valence-corrected chi connectivity index (χ0v) is 12.5. The molecule has 0 aromatic carbocycles. The lowest BCUT2D eigenvalue weighted by atomic mass is 9.97. The molecule has 0 atom stereocenters. The van der Waals surface area contributed by atoms with Crippen LogP contribution in [0.5, 0.6) is 0 Å². The average Bonchev–Trinajstić information content (AvgIpc) is 2.85. The number of likely N-dealkylation sites (tertiary alicyclic amines) is 1. The normalized spacial score (nSPS) is 17.4. The van der Waals surface area contributed by atoms with Crippen molar-refractivity contribution >= 4 is 5.91 Å². The summed E-state index contributed by atoms with van der Waals surface area (Å²) >= 11 is 0. The van der Waals surface area contributed by atoms with E-state index in [4.69, 9.17) is 10.2 Å². The van der Waals surface area contributed by atoms with E-state index in [-0.39, 0.29) is 5.91 Å². The van der Waals surface area contributed by atoms with Gasteiger partial charge in [-0.3, -0.25) is 9.69 Å². The van der Waals surface area contributed by atoms with Gasteiger partial charge in [0.25, 0.3) is 0 Å². The van der Waals surface area contributed by atoms with Gasteiger partial charge < -0.3 is 15.1 Å². The fraction of sp³-hybridized carbons (Fsp3) is 0.667. The third kappa shape index (κ3) is 4.08. The first-order valence-corrected chi connectivity index (χ1v) is 7.30. The molecule has 1 fully saturated rings. The molecule has 0 unspecified atom stereocenters. The lowest BCUT2D eigenvalue weighted by Crippen LogP contribution is -2.42. The van der Waals surface area contributed by atoms with Crippen LogP contribution >= 0.6 is 0 Å². The van der Waals surface area contributed by atoms with Gasteiger partial charge in [-0.1, -0.05) is 0 Å². The number of aryl methyl sites for hydroxylation is 1. The van der Waals surface area contributed by atoms with Gasteiger partial charge in [-0.2, -0.15) is 0 Å². The average molecular weight is 279 g/mol. The number of furan rings is 1. The summed E-state index contributed by atoms with van der Waals surface area (Å²) in [6.45, 7) is 5.65. The van der Waals surface area contributed by atoms with Crippen molar-refractivity contribution in [1.29, 1.82) is 0 Å². The van der Waals surface area contributed by atoms with Gasteiger partial charge in [-0.25, -0.2) is 0 Å². The molecule has 5 heteroatoms. The van der Waals surface area contributed by atoms with E-state index in [9.17, 15) is 4.79 Å². The molecule has 0 aliphatic carbocycles. The van der Waals surface area contributed by atoms with Crippen molar-refractivity contribution in [2.24, 2.45) is 11.7 Å². The topological polar surface area (TPSA) is 62.7 Å². The Hall–Kier alpha value is -1.33. The number of carbonyl (C=O) groups is 1. The van der Waals surface area contributed by atoms with Crippen LogP contribution in [0.4, 0.5) is 0 Å². The predicted molar refractivity (Wildman–Crippen MR) is 78.1 cm³/mol. The fourth-order valence-electron chi connectivity index (χ4n) is 2.58. The van der Waals surface area contributed by atoms with Gasteiger partial charge in [0.15, 0.2) is 0 Å². The lowest BCUT2D eigenvalue weighted by molar-refractivity contribution is -0.132. The summed E-state index contributed by atoms with van der Waals surface area (Å²) in [5, 5.41) is 0.